The third-order valence-corrected chi connectivity index (χ3v) is 3.57. The lowest BCUT2D eigenvalue weighted by molar-refractivity contribution is -0.384. The van der Waals surface area contributed by atoms with E-state index in [1.807, 2.05) is 4.90 Å². The first-order valence-corrected chi connectivity index (χ1v) is 6.10. The van der Waals surface area contributed by atoms with E-state index in [1.54, 1.807) is 13.0 Å². The fraction of sp³-hybridized carbons (Fsp3) is 0.455. The molecule has 1 heterocycles. The van der Waals surface area contributed by atoms with Crippen molar-refractivity contribution in [3.8, 4) is 0 Å². The number of anilines is 1. The van der Waals surface area contributed by atoms with E-state index in [1.165, 1.54) is 12.1 Å². The number of nitro benzene ring substituents is 1. The van der Waals surface area contributed by atoms with Gasteiger partial charge in [-0.25, -0.2) is 0 Å². The molecule has 1 atom stereocenters. The molecule has 0 amide bonds. The molecule has 0 bridgehead atoms. The Labute approximate surface area is 107 Å². The highest BCUT2D eigenvalue weighted by molar-refractivity contribution is 9.10. The van der Waals surface area contributed by atoms with Gasteiger partial charge in [-0.2, -0.15) is 0 Å². The third kappa shape index (κ3) is 2.58. The number of halogens is 1. The summed E-state index contributed by atoms with van der Waals surface area (Å²) in [6.45, 7) is 3.10. The summed E-state index contributed by atoms with van der Waals surface area (Å²) in [6.07, 6.45) is 0.705. The van der Waals surface area contributed by atoms with Crippen LogP contribution in [-0.4, -0.2) is 28.7 Å². The van der Waals surface area contributed by atoms with Gasteiger partial charge in [-0.15, -0.1) is 0 Å². The number of rotatable bonds is 2. The number of benzene rings is 1. The minimum absolute atomic E-state index is 0.0617. The molecule has 5 nitrogen and oxygen atoms in total. The van der Waals surface area contributed by atoms with Crippen LogP contribution in [0.5, 0.6) is 0 Å². The first kappa shape index (κ1) is 12.3. The van der Waals surface area contributed by atoms with Crippen LogP contribution in [0.3, 0.4) is 0 Å². The SMILES string of the molecule is CC1(O)CCN(c2ccc([N+](=O)[O-])cc2Br)C1. The van der Waals surface area contributed by atoms with E-state index < -0.39 is 10.5 Å². The van der Waals surface area contributed by atoms with E-state index in [4.69, 9.17) is 0 Å². The van der Waals surface area contributed by atoms with Crippen LogP contribution >= 0.6 is 15.9 Å². The van der Waals surface area contributed by atoms with Crippen LogP contribution in [0.2, 0.25) is 0 Å². The first-order valence-electron chi connectivity index (χ1n) is 5.30. The lowest BCUT2D eigenvalue weighted by Gasteiger charge is -2.21. The van der Waals surface area contributed by atoms with Crippen LogP contribution in [0.1, 0.15) is 13.3 Å². The molecule has 1 aliphatic rings. The van der Waals surface area contributed by atoms with Gasteiger partial charge >= 0.3 is 0 Å². The van der Waals surface area contributed by atoms with Crippen LogP contribution in [0.4, 0.5) is 11.4 Å². The van der Waals surface area contributed by atoms with Crippen molar-refractivity contribution in [1.82, 2.24) is 0 Å². The summed E-state index contributed by atoms with van der Waals surface area (Å²) in [4.78, 5) is 12.2. The van der Waals surface area contributed by atoms with Crippen LogP contribution in [0, 0.1) is 10.1 Å². The second-order valence-corrected chi connectivity index (χ2v) is 5.42. The summed E-state index contributed by atoms with van der Waals surface area (Å²) in [5, 5.41) is 20.5. The Morgan fingerprint density at radius 2 is 2.29 bits per heavy atom. The normalized spacial score (nSPS) is 24.1. The lowest BCUT2D eigenvalue weighted by Crippen LogP contribution is -2.29. The standard InChI is InChI=1S/C11H13BrN2O3/c1-11(15)4-5-13(7-11)10-3-2-8(14(16)17)6-9(10)12/h2-3,6,15H,4-5,7H2,1H3. The van der Waals surface area contributed by atoms with Gasteiger partial charge in [0.05, 0.1) is 16.2 Å². The smallest absolute Gasteiger partial charge is 0.270 e. The summed E-state index contributed by atoms with van der Waals surface area (Å²) in [7, 11) is 0. The minimum atomic E-state index is -0.679. The zero-order chi connectivity index (χ0) is 12.6. The molecule has 0 aromatic heterocycles. The Kier molecular flexibility index (Phi) is 3.09. The van der Waals surface area contributed by atoms with Crippen molar-refractivity contribution in [2.45, 2.75) is 18.9 Å². The molecule has 1 unspecified atom stereocenters. The maximum Gasteiger partial charge on any atom is 0.270 e. The van der Waals surface area contributed by atoms with E-state index in [2.05, 4.69) is 15.9 Å². The predicted octanol–water partition coefficient (Wildman–Crippen LogP) is 2.32. The second kappa shape index (κ2) is 4.27. The molecule has 1 N–H and O–H groups in total. The summed E-state index contributed by atoms with van der Waals surface area (Å²) >= 11 is 3.34. The fourth-order valence-electron chi connectivity index (χ4n) is 2.02. The van der Waals surface area contributed by atoms with Gasteiger partial charge in [0.15, 0.2) is 0 Å². The molecule has 1 aliphatic heterocycles. The Hall–Kier alpha value is -1.14. The molecule has 0 saturated carbocycles. The number of β-amino-alcohol motifs (C(OH)–C–C–N with tert-alkyl or cyclic N) is 1. The number of aliphatic hydroxyl groups is 1. The van der Waals surface area contributed by atoms with E-state index in [-0.39, 0.29) is 5.69 Å². The average molecular weight is 301 g/mol. The highest BCUT2D eigenvalue weighted by Gasteiger charge is 2.32. The lowest BCUT2D eigenvalue weighted by atomic mass is 10.1. The minimum Gasteiger partial charge on any atom is -0.388 e. The number of hydrogen-bond donors (Lipinski definition) is 1. The summed E-state index contributed by atoms with van der Waals surface area (Å²) in [5.74, 6) is 0. The number of nitrogens with zero attached hydrogens (tertiary/aromatic N) is 2. The van der Waals surface area contributed by atoms with E-state index in [0.29, 0.717) is 17.4 Å². The van der Waals surface area contributed by atoms with Gasteiger partial charge in [-0.05, 0) is 35.3 Å². The van der Waals surface area contributed by atoms with Crippen LogP contribution in [0.15, 0.2) is 22.7 Å². The maximum atomic E-state index is 10.6. The first-order chi connectivity index (χ1) is 7.89. The van der Waals surface area contributed by atoms with Crippen molar-refractivity contribution in [3.63, 3.8) is 0 Å². The number of non-ortho nitro benzene ring substituents is 1. The molecule has 92 valence electrons. The summed E-state index contributed by atoms with van der Waals surface area (Å²) < 4.78 is 0.685. The van der Waals surface area contributed by atoms with Gasteiger partial charge < -0.3 is 10.0 Å². The Morgan fingerprint density at radius 1 is 1.59 bits per heavy atom. The largest absolute Gasteiger partial charge is 0.388 e. The Balaban J connectivity index is 2.26. The molecule has 2 rings (SSSR count). The molecular weight excluding hydrogens is 288 g/mol. The van der Waals surface area contributed by atoms with E-state index in [0.717, 1.165) is 12.2 Å². The zero-order valence-electron chi connectivity index (χ0n) is 9.39. The van der Waals surface area contributed by atoms with Gasteiger partial charge in [-0.3, -0.25) is 10.1 Å². The van der Waals surface area contributed by atoms with Crippen molar-refractivity contribution in [2.24, 2.45) is 0 Å². The molecule has 1 aromatic rings. The average Bonchev–Trinajstić information content (AvgIpc) is 2.58. The van der Waals surface area contributed by atoms with Crippen LogP contribution < -0.4 is 4.90 Å². The van der Waals surface area contributed by atoms with Crippen molar-refractivity contribution >= 4 is 27.3 Å². The Morgan fingerprint density at radius 3 is 2.76 bits per heavy atom. The monoisotopic (exact) mass is 300 g/mol. The maximum absolute atomic E-state index is 10.6. The zero-order valence-corrected chi connectivity index (χ0v) is 11.0. The van der Waals surface area contributed by atoms with Gasteiger partial charge in [0.1, 0.15) is 0 Å². The molecule has 6 heteroatoms. The molecule has 17 heavy (non-hydrogen) atoms. The quantitative estimate of drug-likeness (QED) is 0.672. The summed E-state index contributed by atoms with van der Waals surface area (Å²) in [6, 6.07) is 4.68. The van der Waals surface area contributed by atoms with Crippen molar-refractivity contribution in [1.29, 1.82) is 0 Å². The van der Waals surface area contributed by atoms with Crippen molar-refractivity contribution in [3.05, 3.63) is 32.8 Å². The van der Waals surface area contributed by atoms with Crippen molar-refractivity contribution < 1.29 is 10.0 Å². The predicted molar refractivity (Wildman–Crippen MR) is 68.3 cm³/mol. The molecule has 0 radical (unpaired) electrons. The molecule has 1 saturated heterocycles. The van der Waals surface area contributed by atoms with Crippen LogP contribution in [0.25, 0.3) is 0 Å². The number of nitro groups is 1. The molecular formula is C11H13BrN2O3. The van der Waals surface area contributed by atoms with Crippen LogP contribution in [-0.2, 0) is 0 Å². The molecule has 0 spiro atoms. The fourth-order valence-corrected chi connectivity index (χ4v) is 2.63. The Bertz CT molecular complexity index is 462. The van der Waals surface area contributed by atoms with Crippen molar-refractivity contribution in [2.75, 3.05) is 18.0 Å². The highest BCUT2D eigenvalue weighted by Crippen LogP contribution is 2.34. The van der Waals surface area contributed by atoms with Gasteiger partial charge in [-0.1, -0.05) is 0 Å². The number of hydrogen-bond acceptors (Lipinski definition) is 4. The van der Waals surface area contributed by atoms with Gasteiger partial charge in [0.25, 0.3) is 5.69 Å². The van der Waals surface area contributed by atoms with E-state index in [9.17, 15) is 15.2 Å². The topological polar surface area (TPSA) is 66.6 Å². The highest BCUT2D eigenvalue weighted by atomic mass is 79.9. The molecule has 0 aliphatic carbocycles. The van der Waals surface area contributed by atoms with Gasteiger partial charge in [0, 0.05) is 29.7 Å². The van der Waals surface area contributed by atoms with Gasteiger partial charge in [0.2, 0.25) is 0 Å². The third-order valence-electron chi connectivity index (χ3n) is 2.93. The molecule has 1 aromatic carbocycles. The molecule has 1 fully saturated rings. The summed E-state index contributed by atoms with van der Waals surface area (Å²) in [5.41, 5.74) is 0.265. The van der Waals surface area contributed by atoms with E-state index >= 15 is 0 Å². The second-order valence-electron chi connectivity index (χ2n) is 4.56.